The number of likely N-dealkylation sites (tertiary alicyclic amines) is 1. The lowest BCUT2D eigenvalue weighted by molar-refractivity contribution is 0.0855. The van der Waals surface area contributed by atoms with Crippen LogP contribution in [0.1, 0.15) is 48.9 Å². The molecule has 1 saturated heterocycles. The number of carbonyl (C=O) groups excluding carboxylic acids is 2. The monoisotopic (exact) mass is 343 g/mol. The third kappa shape index (κ3) is 4.82. The number of carbonyl (C=O) groups is 2. The molecule has 0 aromatic heterocycles. The van der Waals surface area contributed by atoms with Crippen LogP contribution in [0.2, 0.25) is 0 Å². The number of amides is 2. The summed E-state index contributed by atoms with van der Waals surface area (Å²) >= 11 is 0. The number of hydrogen-bond acceptors (Lipinski definition) is 3. The van der Waals surface area contributed by atoms with E-state index in [9.17, 15) is 9.59 Å². The van der Waals surface area contributed by atoms with Crippen LogP contribution in [0.15, 0.2) is 24.3 Å². The Morgan fingerprint density at radius 2 is 1.80 bits per heavy atom. The van der Waals surface area contributed by atoms with Crippen LogP contribution >= 0.6 is 0 Å². The van der Waals surface area contributed by atoms with Gasteiger partial charge in [-0.25, -0.2) is 4.79 Å². The molecule has 5 heteroatoms. The van der Waals surface area contributed by atoms with Crippen molar-refractivity contribution in [1.82, 2.24) is 9.80 Å². The fraction of sp³-hybridized carbons (Fsp3) is 0.600. The van der Waals surface area contributed by atoms with E-state index in [1.54, 1.807) is 4.90 Å². The average molecular weight is 343 g/mol. The molecular formula is C20H29N3O2. The Bertz CT molecular complexity index is 589. The van der Waals surface area contributed by atoms with E-state index in [1.165, 1.54) is 25.9 Å². The summed E-state index contributed by atoms with van der Waals surface area (Å²) < 4.78 is 0. The van der Waals surface area contributed by atoms with Crippen LogP contribution < -0.4 is 5.32 Å². The first-order valence-corrected chi connectivity index (χ1v) is 9.52. The van der Waals surface area contributed by atoms with Gasteiger partial charge in [0, 0.05) is 30.8 Å². The highest BCUT2D eigenvalue weighted by atomic mass is 16.2. The van der Waals surface area contributed by atoms with Gasteiger partial charge in [0.2, 0.25) is 0 Å². The van der Waals surface area contributed by atoms with Gasteiger partial charge in [-0.3, -0.25) is 4.79 Å². The van der Waals surface area contributed by atoms with Crippen LogP contribution in [0.3, 0.4) is 0 Å². The normalized spacial score (nSPS) is 18.0. The average Bonchev–Trinajstić information content (AvgIpc) is 3.07. The maximum atomic E-state index is 12.3. The standard InChI is InChI=1S/C20H29N3O2/c1-22(12-5-15-23-13-2-3-14-23)20(25)21-18-10-8-17(9-11-18)19(24)16-6-4-7-16/h8-11,16H,2-7,12-15H2,1H3,(H,21,25). The number of urea groups is 1. The molecule has 1 aliphatic carbocycles. The minimum atomic E-state index is -0.0977. The van der Waals surface area contributed by atoms with Crippen LogP contribution in [-0.2, 0) is 0 Å². The quantitative estimate of drug-likeness (QED) is 0.769. The van der Waals surface area contributed by atoms with Gasteiger partial charge in [0.15, 0.2) is 5.78 Å². The molecular weight excluding hydrogens is 314 g/mol. The lowest BCUT2D eigenvalue weighted by Gasteiger charge is -2.24. The number of anilines is 1. The van der Waals surface area contributed by atoms with Crippen LogP contribution in [0.5, 0.6) is 0 Å². The van der Waals surface area contributed by atoms with Gasteiger partial charge in [0.05, 0.1) is 0 Å². The molecule has 5 nitrogen and oxygen atoms in total. The number of nitrogens with one attached hydrogen (secondary N) is 1. The van der Waals surface area contributed by atoms with Crippen molar-refractivity contribution in [3.05, 3.63) is 29.8 Å². The molecule has 0 radical (unpaired) electrons. The Hall–Kier alpha value is -1.88. The Labute approximate surface area is 150 Å². The topological polar surface area (TPSA) is 52.6 Å². The molecule has 2 aliphatic rings. The fourth-order valence-electron chi connectivity index (χ4n) is 3.48. The zero-order valence-electron chi connectivity index (χ0n) is 15.2. The molecule has 25 heavy (non-hydrogen) atoms. The zero-order chi connectivity index (χ0) is 17.6. The molecule has 2 amide bonds. The molecule has 1 aliphatic heterocycles. The molecule has 1 heterocycles. The smallest absolute Gasteiger partial charge is 0.321 e. The van der Waals surface area contributed by atoms with E-state index < -0.39 is 0 Å². The number of rotatable bonds is 7. The second-order valence-electron chi connectivity index (χ2n) is 7.32. The van der Waals surface area contributed by atoms with Crippen molar-refractivity contribution < 1.29 is 9.59 Å². The van der Waals surface area contributed by atoms with Crippen LogP contribution in [-0.4, -0.2) is 54.8 Å². The maximum absolute atomic E-state index is 12.3. The van der Waals surface area contributed by atoms with E-state index in [1.807, 2.05) is 31.3 Å². The van der Waals surface area contributed by atoms with Crippen molar-refractivity contribution in [1.29, 1.82) is 0 Å². The summed E-state index contributed by atoms with van der Waals surface area (Å²) in [6.07, 6.45) is 6.79. The highest BCUT2D eigenvalue weighted by Crippen LogP contribution is 2.30. The van der Waals surface area contributed by atoms with Crippen LogP contribution in [0, 0.1) is 5.92 Å². The van der Waals surface area contributed by atoms with Crippen molar-refractivity contribution in [3.63, 3.8) is 0 Å². The molecule has 1 aromatic rings. The van der Waals surface area contributed by atoms with E-state index in [-0.39, 0.29) is 17.7 Å². The molecule has 3 rings (SSSR count). The Morgan fingerprint density at radius 1 is 1.12 bits per heavy atom. The lowest BCUT2D eigenvalue weighted by atomic mass is 9.80. The molecule has 0 spiro atoms. The first-order valence-electron chi connectivity index (χ1n) is 9.52. The van der Waals surface area contributed by atoms with Gasteiger partial charge in [-0.05, 0) is 76.0 Å². The minimum absolute atomic E-state index is 0.0977. The molecule has 0 bridgehead atoms. The second kappa shape index (κ2) is 8.48. The molecule has 1 N–H and O–H groups in total. The summed E-state index contributed by atoms with van der Waals surface area (Å²) in [5.74, 6) is 0.449. The first-order chi connectivity index (χ1) is 12.1. The summed E-state index contributed by atoms with van der Waals surface area (Å²) in [6, 6.07) is 7.19. The van der Waals surface area contributed by atoms with Gasteiger partial charge >= 0.3 is 6.03 Å². The number of ketones is 1. The molecule has 0 unspecified atom stereocenters. The summed E-state index contributed by atoms with van der Waals surface area (Å²) in [6.45, 7) is 4.21. The minimum Gasteiger partial charge on any atom is -0.328 e. The molecule has 0 atom stereocenters. The zero-order valence-corrected chi connectivity index (χ0v) is 15.2. The number of hydrogen-bond donors (Lipinski definition) is 1. The summed E-state index contributed by atoms with van der Waals surface area (Å²) in [4.78, 5) is 28.6. The Balaban J connectivity index is 1.42. The number of Topliss-reactive ketones (excluding diaryl/α,β-unsaturated/α-hetero) is 1. The molecule has 1 saturated carbocycles. The lowest BCUT2D eigenvalue weighted by Crippen LogP contribution is -2.34. The van der Waals surface area contributed by atoms with E-state index in [0.29, 0.717) is 0 Å². The third-order valence-corrected chi connectivity index (χ3v) is 5.41. The van der Waals surface area contributed by atoms with Gasteiger partial charge in [-0.2, -0.15) is 0 Å². The van der Waals surface area contributed by atoms with Gasteiger partial charge in [0.1, 0.15) is 0 Å². The predicted molar refractivity (Wildman–Crippen MR) is 100 cm³/mol. The van der Waals surface area contributed by atoms with Crippen molar-refractivity contribution in [3.8, 4) is 0 Å². The number of nitrogens with zero attached hydrogens (tertiary/aromatic N) is 2. The van der Waals surface area contributed by atoms with E-state index in [4.69, 9.17) is 0 Å². The maximum Gasteiger partial charge on any atom is 0.321 e. The summed E-state index contributed by atoms with van der Waals surface area (Å²) in [5.41, 5.74) is 1.49. The molecule has 136 valence electrons. The van der Waals surface area contributed by atoms with Crippen molar-refractivity contribution in [2.24, 2.45) is 5.92 Å². The van der Waals surface area contributed by atoms with E-state index in [2.05, 4.69) is 10.2 Å². The third-order valence-electron chi connectivity index (χ3n) is 5.41. The largest absolute Gasteiger partial charge is 0.328 e. The van der Waals surface area contributed by atoms with Gasteiger partial charge in [-0.15, -0.1) is 0 Å². The highest BCUT2D eigenvalue weighted by molar-refractivity contribution is 5.99. The SMILES string of the molecule is CN(CCCN1CCCC1)C(=O)Nc1ccc(C(=O)C2CCC2)cc1. The second-order valence-corrected chi connectivity index (χ2v) is 7.32. The molecule has 2 fully saturated rings. The number of benzene rings is 1. The van der Waals surface area contributed by atoms with E-state index >= 15 is 0 Å². The van der Waals surface area contributed by atoms with Gasteiger partial charge < -0.3 is 15.1 Å². The van der Waals surface area contributed by atoms with Crippen molar-refractivity contribution in [2.45, 2.75) is 38.5 Å². The van der Waals surface area contributed by atoms with Crippen LogP contribution in [0.25, 0.3) is 0 Å². The Morgan fingerprint density at radius 3 is 2.40 bits per heavy atom. The van der Waals surface area contributed by atoms with Crippen molar-refractivity contribution in [2.75, 3.05) is 38.5 Å². The summed E-state index contributed by atoms with van der Waals surface area (Å²) in [5, 5.41) is 2.91. The highest BCUT2D eigenvalue weighted by Gasteiger charge is 2.26. The first kappa shape index (κ1) is 17.9. The van der Waals surface area contributed by atoms with Crippen LogP contribution in [0.4, 0.5) is 10.5 Å². The molecule has 1 aromatic carbocycles. The van der Waals surface area contributed by atoms with Gasteiger partial charge in [-0.1, -0.05) is 6.42 Å². The van der Waals surface area contributed by atoms with Gasteiger partial charge in [0.25, 0.3) is 0 Å². The van der Waals surface area contributed by atoms with E-state index in [0.717, 1.165) is 50.0 Å². The fourth-order valence-corrected chi connectivity index (χ4v) is 3.48. The summed E-state index contributed by atoms with van der Waals surface area (Å²) in [7, 11) is 1.83. The predicted octanol–water partition coefficient (Wildman–Crippen LogP) is 3.62. The Kier molecular flexibility index (Phi) is 6.08. The van der Waals surface area contributed by atoms with Crippen molar-refractivity contribution >= 4 is 17.5 Å².